The summed E-state index contributed by atoms with van der Waals surface area (Å²) in [7, 11) is 1.59. The zero-order chi connectivity index (χ0) is 12.0. The number of nitrogens with one attached hydrogen (secondary N) is 1. The maximum atomic E-state index is 11.5. The first-order valence-electron chi connectivity index (χ1n) is 4.98. The Bertz CT molecular complexity index is 341. The zero-order valence-corrected chi connectivity index (χ0v) is 10.1. The quantitative estimate of drug-likeness (QED) is 0.770. The van der Waals surface area contributed by atoms with Crippen LogP contribution in [0.4, 0.5) is 0 Å². The number of nitrogens with zero attached hydrogens (tertiary/aromatic N) is 1. The predicted octanol–water partition coefficient (Wildman–Crippen LogP) is 1.36. The summed E-state index contributed by atoms with van der Waals surface area (Å²) in [5.74, 6) is -0.0581. The summed E-state index contributed by atoms with van der Waals surface area (Å²) in [6, 6.07) is 1.59. The first-order valence-corrected chi connectivity index (χ1v) is 5.41. The SMILES string of the molecule is COCC(Cl)CCNC(=O)c1cc(C)no1. The van der Waals surface area contributed by atoms with Crippen molar-refractivity contribution in [2.75, 3.05) is 20.3 Å². The molecular weight excluding hydrogens is 232 g/mol. The molecular formula is C10H15ClN2O3. The first-order chi connectivity index (χ1) is 7.63. The van der Waals surface area contributed by atoms with Crippen LogP contribution in [-0.2, 0) is 4.74 Å². The van der Waals surface area contributed by atoms with Gasteiger partial charge in [0, 0.05) is 19.7 Å². The molecule has 5 nitrogen and oxygen atoms in total. The monoisotopic (exact) mass is 246 g/mol. The van der Waals surface area contributed by atoms with Gasteiger partial charge < -0.3 is 14.6 Å². The van der Waals surface area contributed by atoms with Crippen molar-refractivity contribution in [3.05, 3.63) is 17.5 Å². The lowest BCUT2D eigenvalue weighted by molar-refractivity contribution is 0.0915. The van der Waals surface area contributed by atoms with E-state index in [1.54, 1.807) is 20.1 Å². The number of carbonyl (C=O) groups is 1. The van der Waals surface area contributed by atoms with Crippen LogP contribution in [0.25, 0.3) is 0 Å². The van der Waals surface area contributed by atoms with E-state index in [0.717, 1.165) is 0 Å². The molecule has 1 rings (SSSR count). The highest BCUT2D eigenvalue weighted by atomic mass is 35.5. The van der Waals surface area contributed by atoms with E-state index in [0.29, 0.717) is 25.3 Å². The Hall–Kier alpha value is -1.07. The van der Waals surface area contributed by atoms with E-state index in [-0.39, 0.29) is 17.0 Å². The molecule has 1 aromatic heterocycles. The van der Waals surface area contributed by atoms with Gasteiger partial charge in [0.15, 0.2) is 0 Å². The number of hydrogen-bond donors (Lipinski definition) is 1. The second-order valence-corrected chi connectivity index (χ2v) is 4.05. The van der Waals surface area contributed by atoms with Crippen LogP contribution in [0.5, 0.6) is 0 Å². The summed E-state index contributed by atoms with van der Waals surface area (Å²) >= 11 is 5.90. The van der Waals surface area contributed by atoms with Crippen molar-refractivity contribution in [3.8, 4) is 0 Å². The Morgan fingerprint density at radius 3 is 3.06 bits per heavy atom. The van der Waals surface area contributed by atoms with Crippen molar-refractivity contribution in [2.45, 2.75) is 18.7 Å². The third-order valence-corrected chi connectivity index (χ3v) is 2.29. The number of methoxy groups -OCH3 is 1. The van der Waals surface area contributed by atoms with Crippen molar-refractivity contribution in [3.63, 3.8) is 0 Å². The number of hydrogen-bond acceptors (Lipinski definition) is 4. The summed E-state index contributed by atoms with van der Waals surface area (Å²) in [4.78, 5) is 11.5. The Morgan fingerprint density at radius 2 is 2.50 bits per heavy atom. The van der Waals surface area contributed by atoms with Crippen LogP contribution in [0.1, 0.15) is 22.7 Å². The van der Waals surface area contributed by atoms with Gasteiger partial charge in [-0.05, 0) is 13.3 Å². The van der Waals surface area contributed by atoms with Crippen molar-refractivity contribution in [1.82, 2.24) is 10.5 Å². The topological polar surface area (TPSA) is 64.4 Å². The molecule has 0 aliphatic heterocycles. The van der Waals surface area contributed by atoms with E-state index in [1.165, 1.54) is 0 Å². The van der Waals surface area contributed by atoms with E-state index in [2.05, 4.69) is 10.5 Å². The first kappa shape index (κ1) is 13.0. The van der Waals surface area contributed by atoms with Gasteiger partial charge in [-0.25, -0.2) is 0 Å². The standard InChI is InChI=1S/C10H15ClN2O3/c1-7-5-9(16-13-7)10(14)12-4-3-8(11)6-15-2/h5,8H,3-4,6H2,1-2H3,(H,12,14). The van der Waals surface area contributed by atoms with Gasteiger partial charge in [0.2, 0.25) is 5.76 Å². The van der Waals surface area contributed by atoms with Crippen LogP contribution in [-0.4, -0.2) is 36.7 Å². The molecule has 1 atom stereocenters. The lowest BCUT2D eigenvalue weighted by Gasteiger charge is -2.07. The maximum Gasteiger partial charge on any atom is 0.289 e. The largest absolute Gasteiger partial charge is 0.383 e. The predicted molar refractivity (Wildman–Crippen MR) is 59.7 cm³/mol. The number of alkyl halides is 1. The molecule has 1 N–H and O–H groups in total. The summed E-state index contributed by atoms with van der Waals surface area (Å²) in [5, 5.41) is 6.22. The van der Waals surface area contributed by atoms with E-state index in [4.69, 9.17) is 20.9 Å². The normalized spacial score (nSPS) is 12.4. The number of halogens is 1. The Labute approximate surface area is 99.1 Å². The summed E-state index contributed by atoms with van der Waals surface area (Å²) in [5.41, 5.74) is 0.680. The maximum absolute atomic E-state index is 11.5. The molecule has 1 aromatic rings. The van der Waals surface area contributed by atoms with Crippen LogP contribution < -0.4 is 5.32 Å². The minimum atomic E-state index is -0.276. The Morgan fingerprint density at radius 1 is 1.75 bits per heavy atom. The van der Waals surface area contributed by atoms with Crippen molar-refractivity contribution >= 4 is 17.5 Å². The summed E-state index contributed by atoms with van der Waals surface area (Å²) in [6.45, 7) is 2.71. The fourth-order valence-electron chi connectivity index (χ4n) is 1.16. The molecule has 1 unspecified atom stereocenters. The van der Waals surface area contributed by atoms with Gasteiger partial charge >= 0.3 is 0 Å². The molecule has 90 valence electrons. The minimum Gasteiger partial charge on any atom is -0.383 e. The molecule has 0 saturated heterocycles. The molecule has 1 heterocycles. The van der Waals surface area contributed by atoms with Gasteiger partial charge in [0.05, 0.1) is 17.7 Å². The second-order valence-electron chi connectivity index (χ2n) is 3.43. The Balaban J connectivity index is 2.25. The van der Waals surface area contributed by atoms with Gasteiger partial charge in [0.1, 0.15) is 0 Å². The van der Waals surface area contributed by atoms with Gasteiger partial charge in [-0.1, -0.05) is 5.16 Å². The van der Waals surface area contributed by atoms with Gasteiger partial charge in [-0.3, -0.25) is 4.79 Å². The van der Waals surface area contributed by atoms with Gasteiger partial charge in [-0.2, -0.15) is 0 Å². The van der Waals surface area contributed by atoms with Crippen LogP contribution >= 0.6 is 11.6 Å². The van der Waals surface area contributed by atoms with E-state index >= 15 is 0 Å². The summed E-state index contributed by atoms with van der Waals surface area (Å²) in [6.07, 6.45) is 0.647. The van der Waals surface area contributed by atoms with Crippen LogP contribution in [0.15, 0.2) is 10.6 Å². The van der Waals surface area contributed by atoms with Gasteiger partial charge in [0.25, 0.3) is 5.91 Å². The molecule has 0 aliphatic rings. The highest BCUT2D eigenvalue weighted by Crippen LogP contribution is 2.03. The third-order valence-electron chi connectivity index (χ3n) is 1.94. The molecule has 0 radical (unpaired) electrons. The number of rotatable bonds is 6. The fourth-order valence-corrected chi connectivity index (χ4v) is 1.40. The highest BCUT2D eigenvalue weighted by Gasteiger charge is 2.11. The number of ether oxygens (including phenoxy) is 1. The second kappa shape index (κ2) is 6.50. The zero-order valence-electron chi connectivity index (χ0n) is 9.33. The summed E-state index contributed by atoms with van der Waals surface area (Å²) < 4.78 is 9.69. The molecule has 6 heteroatoms. The number of amides is 1. The number of aromatic nitrogens is 1. The molecule has 16 heavy (non-hydrogen) atoms. The van der Waals surface area contributed by atoms with E-state index in [1.807, 2.05) is 0 Å². The Kier molecular flexibility index (Phi) is 5.28. The fraction of sp³-hybridized carbons (Fsp3) is 0.600. The minimum absolute atomic E-state index is 0.0956. The van der Waals surface area contributed by atoms with E-state index < -0.39 is 0 Å². The van der Waals surface area contributed by atoms with Crippen molar-refractivity contribution in [2.24, 2.45) is 0 Å². The lowest BCUT2D eigenvalue weighted by Crippen LogP contribution is -2.26. The molecule has 0 spiro atoms. The van der Waals surface area contributed by atoms with Crippen LogP contribution in [0.3, 0.4) is 0 Å². The number of carbonyl (C=O) groups excluding carboxylic acids is 1. The van der Waals surface area contributed by atoms with Crippen molar-refractivity contribution in [1.29, 1.82) is 0 Å². The van der Waals surface area contributed by atoms with Crippen LogP contribution in [0.2, 0.25) is 0 Å². The lowest BCUT2D eigenvalue weighted by atomic mass is 10.3. The van der Waals surface area contributed by atoms with Crippen molar-refractivity contribution < 1.29 is 14.1 Å². The van der Waals surface area contributed by atoms with Gasteiger partial charge in [-0.15, -0.1) is 11.6 Å². The molecule has 0 aromatic carbocycles. The average Bonchev–Trinajstić information content (AvgIpc) is 2.65. The molecule has 1 amide bonds. The third kappa shape index (κ3) is 4.20. The molecule has 0 saturated carbocycles. The molecule has 0 fully saturated rings. The van der Waals surface area contributed by atoms with E-state index in [9.17, 15) is 4.79 Å². The average molecular weight is 247 g/mol. The molecule has 0 aliphatic carbocycles. The number of aryl methyl sites for hydroxylation is 1. The highest BCUT2D eigenvalue weighted by molar-refractivity contribution is 6.20. The van der Waals surface area contributed by atoms with Crippen LogP contribution in [0, 0.1) is 6.92 Å². The smallest absolute Gasteiger partial charge is 0.289 e. The molecule has 0 bridgehead atoms.